The third-order valence-electron chi connectivity index (χ3n) is 3.62. The molecular formula is C20H32N6O6S2. The normalized spacial score (nSPS) is 13.8. The largest absolute Gasteiger partial charge is 0.444 e. The molecule has 12 nitrogen and oxygen atoms in total. The highest BCUT2D eigenvalue weighted by Gasteiger charge is 2.27. The molecule has 0 radical (unpaired) electrons. The van der Waals surface area contributed by atoms with Crippen molar-refractivity contribution in [2.45, 2.75) is 78.7 Å². The van der Waals surface area contributed by atoms with Crippen molar-refractivity contribution in [3.63, 3.8) is 0 Å². The number of nitrogens with one attached hydrogen (secondary N) is 2. The zero-order chi connectivity index (χ0) is 25.5. The molecule has 0 spiro atoms. The molecule has 0 aliphatic rings. The summed E-state index contributed by atoms with van der Waals surface area (Å²) in [6, 6.07) is -1.15. The molecule has 2 aromatic heterocycles. The van der Waals surface area contributed by atoms with Gasteiger partial charge in [-0.3, -0.25) is 0 Å². The Morgan fingerprint density at radius 2 is 1.15 bits per heavy atom. The van der Waals surface area contributed by atoms with Gasteiger partial charge < -0.3 is 29.2 Å². The highest BCUT2D eigenvalue weighted by atomic mass is 33.1. The van der Waals surface area contributed by atoms with Crippen molar-refractivity contribution in [3.8, 4) is 0 Å². The number of hydrogen-bond donors (Lipinski definition) is 2. The maximum absolute atomic E-state index is 12.3. The Kier molecular flexibility index (Phi) is 9.62. The van der Waals surface area contributed by atoms with E-state index in [-0.39, 0.29) is 11.8 Å². The van der Waals surface area contributed by atoms with Crippen molar-refractivity contribution < 1.29 is 28.1 Å². The van der Waals surface area contributed by atoms with E-state index >= 15 is 0 Å². The quantitative estimate of drug-likeness (QED) is 0.361. The molecule has 0 bridgehead atoms. The monoisotopic (exact) mass is 516 g/mol. The summed E-state index contributed by atoms with van der Waals surface area (Å²) in [5.74, 6) is 2.25. The van der Waals surface area contributed by atoms with Crippen LogP contribution < -0.4 is 10.6 Å². The number of carbonyl (C=O) groups excluding carboxylic acids is 2. The minimum atomic E-state index is -0.649. The van der Waals surface area contributed by atoms with Crippen LogP contribution in [0.5, 0.6) is 0 Å². The van der Waals surface area contributed by atoms with Gasteiger partial charge in [0.25, 0.3) is 0 Å². The molecule has 2 atom stereocenters. The molecule has 0 saturated carbocycles. The summed E-state index contributed by atoms with van der Waals surface area (Å²) in [5, 5.41) is 13.1. The molecule has 190 valence electrons. The molecule has 2 aromatic rings. The number of ether oxygens (including phenoxy) is 2. The number of amides is 2. The van der Waals surface area contributed by atoms with E-state index in [4.69, 9.17) is 18.5 Å². The van der Waals surface area contributed by atoms with Gasteiger partial charge in [0.15, 0.2) is 11.6 Å². The Balaban J connectivity index is 1.99. The summed E-state index contributed by atoms with van der Waals surface area (Å²) < 4.78 is 21.2. The SMILES string of the molecule is Cc1noc([C@@H](CSSC[C@@H](NC(=O)OC(C)(C)C)c2nc(C)no2)NC(=O)OC(C)(C)C)n1. The zero-order valence-corrected chi connectivity index (χ0v) is 22.3. The Hall–Kier alpha value is -2.48. The lowest BCUT2D eigenvalue weighted by atomic mass is 10.2. The Morgan fingerprint density at radius 3 is 1.41 bits per heavy atom. The van der Waals surface area contributed by atoms with Gasteiger partial charge in [-0.1, -0.05) is 31.9 Å². The number of nitrogens with zero attached hydrogens (tertiary/aromatic N) is 4. The standard InChI is InChI=1S/C20H32N6O6S2/c1-11-21-15(31-25-11)13(23-17(27)29-19(3,4)5)9-33-34-10-14(16-22-12(2)26-32-16)24-18(28)30-20(6,7)8/h13-14H,9-10H2,1-8H3,(H,23,27)(H,24,28)/t13-,14-/m1/s1. The summed E-state index contributed by atoms with van der Waals surface area (Å²) in [6.45, 7) is 14.1. The molecule has 0 saturated heterocycles. The minimum Gasteiger partial charge on any atom is -0.444 e. The zero-order valence-electron chi connectivity index (χ0n) is 20.6. The van der Waals surface area contributed by atoms with Gasteiger partial charge in [0.2, 0.25) is 11.8 Å². The average molecular weight is 517 g/mol. The lowest BCUT2D eigenvalue weighted by molar-refractivity contribution is 0.0489. The summed E-state index contributed by atoms with van der Waals surface area (Å²) in [5.41, 5.74) is -1.30. The fourth-order valence-corrected chi connectivity index (χ4v) is 4.70. The predicted octanol–water partition coefficient (Wildman–Crippen LogP) is 4.28. The highest BCUT2D eigenvalue weighted by Crippen LogP contribution is 2.31. The van der Waals surface area contributed by atoms with E-state index in [1.807, 2.05) is 0 Å². The number of aromatic nitrogens is 4. The maximum Gasteiger partial charge on any atom is 0.408 e. The lowest BCUT2D eigenvalue weighted by Crippen LogP contribution is -2.36. The van der Waals surface area contributed by atoms with Gasteiger partial charge in [-0.05, 0) is 55.4 Å². The molecule has 0 aliphatic carbocycles. The number of aryl methyl sites for hydroxylation is 2. The first-order valence-electron chi connectivity index (χ1n) is 10.6. The fraction of sp³-hybridized carbons (Fsp3) is 0.700. The van der Waals surface area contributed by atoms with Crippen molar-refractivity contribution in [3.05, 3.63) is 23.4 Å². The lowest BCUT2D eigenvalue weighted by Gasteiger charge is -2.22. The number of carbonyl (C=O) groups is 2. The van der Waals surface area contributed by atoms with Crippen LogP contribution in [0.2, 0.25) is 0 Å². The van der Waals surface area contributed by atoms with Gasteiger partial charge in [-0.25, -0.2) is 9.59 Å². The predicted molar refractivity (Wildman–Crippen MR) is 127 cm³/mol. The fourth-order valence-electron chi connectivity index (χ4n) is 2.39. The molecule has 0 fully saturated rings. The van der Waals surface area contributed by atoms with Crippen LogP contribution in [0.1, 0.15) is 77.1 Å². The van der Waals surface area contributed by atoms with Gasteiger partial charge in [0.05, 0.1) is 0 Å². The smallest absolute Gasteiger partial charge is 0.408 e. The first-order valence-corrected chi connectivity index (χ1v) is 13.0. The van der Waals surface area contributed by atoms with Crippen LogP contribution >= 0.6 is 21.6 Å². The third-order valence-corrected chi connectivity index (χ3v) is 6.04. The van der Waals surface area contributed by atoms with Gasteiger partial charge in [0.1, 0.15) is 23.3 Å². The van der Waals surface area contributed by atoms with Crippen molar-refractivity contribution >= 4 is 33.8 Å². The third kappa shape index (κ3) is 10.2. The number of rotatable bonds is 9. The second-order valence-electron chi connectivity index (χ2n) is 9.33. The Morgan fingerprint density at radius 1 is 0.794 bits per heavy atom. The van der Waals surface area contributed by atoms with E-state index in [9.17, 15) is 9.59 Å². The molecule has 0 unspecified atom stereocenters. The Bertz CT molecular complexity index is 876. The summed E-state index contributed by atoms with van der Waals surface area (Å²) in [4.78, 5) is 33.0. The van der Waals surface area contributed by atoms with E-state index in [1.54, 1.807) is 55.4 Å². The van der Waals surface area contributed by atoms with Crippen LogP contribution in [0.25, 0.3) is 0 Å². The van der Waals surface area contributed by atoms with Crippen molar-refractivity contribution in [2.75, 3.05) is 11.5 Å². The first-order chi connectivity index (χ1) is 15.7. The van der Waals surface area contributed by atoms with E-state index < -0.39 is 35.5 Å². The van der Waals surface area contributed by atoms with Crippen LogP contribution in [0.3, 0.4) is 0 Å². The molecule has 2 heterocycles. The molecule has 34 heavy (non-hydrogen) atoms. The van der Waals surface area contributed by atoms with Crippen LogP contribution in [0.4, 0.5) is 9.59 Å². The number of alkyl carbamates (subject to hydrolysis) is 2. The van der Waals surface area contributed by atoms with Gasteiger partial charge >= 0.3 is 12.2 Å². The molecule has 14 heteroatoms. The molecule has 0 aliphatic heterocycles. The molecular weight excluding hydrogens is 484 g/mol. The topological polar surface area (TPSA) is 154 Å². The van der Waals surface area contributed by atoms with Crippen molar-refractivity contribution in [1.82, 2.24) is 30.9 Å². The van der Waals surface area contributed by atoms with Gasteiger partial charge in [-0.15, -0.1) is 0 Å². The minimum absolute atomic E-state index is 0.271. The van der Waals surface area contributed by atoms with Crippen LogP contribution in [-0.2, 0) is 9.47 Å². The summed E-state index contributed by atoms with van der Waals surface area (Å²) in [7, 11) is 2.86. The van der Waals surface area contributed by atoms with E-state index in [1.165, 1.54) is 21.6 Å². The van der Waals surface area contributed by atoms with Crippen LogP contribution in [0.15, 0.2) is 9.05 Å². The first kappa shape index (κ1) is 27.8. The van der Waals surface area contributed by atoms with Crippen molar-refractivity contribution in [2.24, 2.45) is 0 Å². The highest BCUT2D eigenvalue weighted by molar-refractivity contribution is 8.76. The average Bonchev–Trinajstić information content (AvgIpc) is 3.28. The van der Waals surface area contributed by atoms with Crippen molar-refractivity contribution in [1.29, 1.82) is 0 Å². The molecule has 2 N–H and O–H groups in total. The maximum atomic E-state index is 12.3. The van der Waals surface area contributed by atoms with E-state index in [2.05, 4.69) is 30.9 Å². The summed E-state index contributed by atoms with van der Waals surface area (Å²) >= 11 is 0. The van der Waals surface area contributed by atoms with Gasteiger partial charge in [0, 0.05) is 11.5 Å². The van der Waals surface area contributed by atoms with Gasteiger partial charge in [-0.2, -0.15) is 9.97 Å². The second kappa shape index (κ2) is 11.8. The summed E-state index contributed by atoms with van der Waals surface area (Å²) in [6.07, 6.45) is -1.19. The number of hydrogen-bond acceptors (Lipinski definition) is 12. The molecule has 2 amide bonds. The van der Waals surface area contributed by atoms with E-state index in [0.717, 1.165) is 0 Å². The molecule has 2 rings (SSSR count). The second-order valence-corrected chi connectivity index (χ2v) is 11.9. The van der Waals surface area contributed by atoms with Crippen LogP contribution in [-0.4, -0.2) is 55.2 Å². The molecule has 0 aromatic carbocycles. The van der Waals surface area contributed by atoms with Crippen LogP contribution in [0, 0.1) is 13.8 Å². The Labute approximate surface area is 206 Å². The van der Waals surface area contributed by atoms with E-state index in [0.29, 0.717) is 23.2 Å².